The van der Waals surface area contributed by atoms with E-state index < -0.39 is 0 Å². The number of carbonyl (C=O) groups is 2. The molecule has 10 nitrogen and oxygen atoms in total. The molecule has 3 aromatic heterocycles. The summed E-state index contributed by atoms with van der Waals surface area (Å²) in [4.78, 5) is 44.3. The van der Waals surface area contributed by atoms with Crippen molar-refractivity contribution in [3.05, 3.63) is 94.6 Å². The quantitative estimate of drug-likeness (QED) is 0.148. The van der Waals surface area contributed by atoms with Crippen LogP contribution in [0.3, 0.4) is 0 Å². The second-order valence-corrected chi connectivity index (χ2v) is 11.0. The van der Waals surface area contributed by atoms with E-state index in [1.165, 1.54) is 14.2 Å². The number of aryl methyl sites for hydroxylation is 4. The van der Waals surface area contributed by atoms with Crippen LogP contribution in [0, 0.1) is 19.3 Å². The van der Waals surface area contributed by atoms with Crippen molar-refractivity contribution in [2.75, 3.05) is 14.2 Å². The zero-order chi connectivity index (χ0) is 33.7. The Morgan fingerprint density at radius 1 is 0.702 bits per heavy atom. The molecule has 5 rings (SSSR count). The number of hydrogen-bond donors (Lipinski definition) is 0. The second-order valence-electron chi connectivity index (χ2n) is 11.0. The molecule has 242 valence electrons. The minimum absolute atomic E-state index is 0. The molecule has 0 spiro atoms. The van der Waals surface area contributed by atoms with Crippen LogP contribution in [0.2, 0.25) is 0 Å². The minimum Gasteiger partial charge on any atom is 2.00 e. The zero-order valence-corrected chi connectivity index (χ0v) is 28.4. The average molecular weight is 675 g/mol. The van der Waals surface area contributed by atoms with Gasteiger partial charge in [0.2, 0.25) is 0 Å². The first-order valence-corrected chi connectivity index (χ1v) is 14.7. The van der Waals surface area contributed by atoms with E-state index in [1.807, 2.05) is 64.1 Å². The zero-order valence-electron chi connectivity index (χ0n) is 27.3. The summed E-state index contributed by atoms with van der Waals surface area (Å²) in [6, 6.07) is 7.87. The van der Waals surface area contributed by atoms with E-state index in [9.17, 15) is 9.59 Å². The molecule has 0 amide bonds. The van der Waals surface area contributed by atoms with Gasteiger partial charge in [-0.1, -0.05) is 65.8 Å². The normalized spacial score (nSPS) is 12.1. The summed E-state index contributed by atoms with van der Waals surface area (Å²) >= 11 is 0. The number of carbonyl (C=O) groups excluding carboxylic acids is 2. The van der Waals surface area contributed by atoms with Gasteiger partial charge < -0.3 is 19.4 Å². The molecule has 0 unspecified atom stereocenters. The van der Waals surface area contributed by atoms with E-state index in [-0.39, 0.29) is 41.8 Å². The van der Waals surface area contributed by atoms with Crippen molar-refractivity contribution in [3.8, 4) is 0 Å². The Bertz CT molecular complexity index is 2010. The van der Waals surface area contributed by atoms with Crippen molar-refractivity contribution < 1.29 is 40.9 Å². The fraction of sp³-hybridized carbons (Fsp3) is 0.278. The molecular weight excluding hydrogens is 638 g/mol. The second kappa shape index (κ2) is 15.7. The SMILES string of the molecule is C=CC1=C(C)c2cc3[n-]c(cc4[n-]c(cc5nc(cc1n2)C(C)=C5C=C)c(C)c4CCC(=O)OC)c(CCC(=O)OC)c3C.N#[O+].[Fe+2]. The first-order chi connectivity index (χ1) is 22.1. The smallest absolute Gasteiger partial charge is 2.00 e. The summed E-state index contributed by atoms with van der Waals surface area (Å²) in [5, 5.41) is 0. The molecule has 11 heteroatoms. The molecular formula is C36H36FeN5O5+. The molecule has 0 aromatic carbocycles. The van der Waals surface area contributed by atoms with E-state index in [2.05, 4.69) is 13.2 Å². The van der Waals surface area contributed by atoms with Crippen LogP contribution in [0.4, 0.5) is 0 Å². The van der Waals surface area contributed by atoms with Gasteiger partial charge in [0.15, 0.2) is 0 Å². The maximum atomic E-state index is 12.1. The largest absolute Gasteiger partial charge is 2.00 e. The van der Waals surface area contributed by atoms with Crippen LogP contribution in [0.15, 0.2) is 49.6 Å². The van der Waals surface area contributed by atoms with E-state index in [0.717, 1.165) is 78.4 Å². The van der Waals surface area contributed by atoms with E-state index >= 15 is 0 Å². The molecule has 3 aromatic rings. The molecule has 0 fully saturated rings. The van der Waals surface area contributed by atoms with Crippen molar-refractivity contribution in [2.24, 2.45) is 0 Å². The fourth-order valence-electron chi connectivity index (χ4n) is 5.81. The molecule has 0 atom stereocenters. The molecule has 47 heavy (non-hydrogen) atoms. The molecule has 0 saturated carbocycles. The first kappa shape index (κ1) is 36.7. The van der Waals surface area contributed by atoms with Crippen LogP contribution in [0.25, 0.3) is 44.4 Å². The molecule has 0 aliphatic carbocycles. The Labute approximate surface area is 284 Å². The number of methoxy groups -OCH3 is 2. The van der Waals surface area contributed by atoms with Crippen molar-refractivity contribution in [3.63, 3.8) is 0 Å². The monoisotopic (exact) mass is 674 g/mol. The van der Waals surface area contributed by atoms with Crippen LogP contribution in [0.1, 0.15) is 71.7 Å². The Morgan fingerprint density at radius 3 is 1.49 bits per heavy atom. The number of nitrogens with zero attached hydrogens (tertiary/aromatic N) is 5. The summed E-state index contributed by atoms with van der Waals surface area (Å²) < 4.78 is 17.1. The summed E-state index contributed by atoms with van der Waals surface area (Å²) in [7, 11) is 2.78. The topological polar surface area (TPSA) is 150 Å². The summed E-state index contributed by atoms with van der Waals surface area (Å²) in [5.74, 6) is -0.589. The third-order valence-electron chi connectivity index (χ3n) is 8.50. The van der Waals surface area contributed by atoms with Gasteiger partial charge in [0.1, 0.15) is 0 Å². The van der Waals surface area contributed by atoms with Gasteiger partial charge in [0.25, 0.3) is 0 Å². The van der Waals surface area contributed by atoms with Crippen molar-refractivity contribution in [2.45, 2.75) is 53.4 Å². The van der Waals surface area contributed by atoms with Gasteiger partial charge in [-0.2, -0.15) is 0 Å². The fourth-order valence-corrected chi connectivity index (χ4v) is 5.81. The summed E-state index contributed by atoms with van der Waals surface area (Å²) in [6.45, 7) is 16.2. The Morgan fingerprint density at radius 2 is 1.09 bits per heavy atom. The molecule has 5 heterocycles. The van der Waals surface area contributed by atoms with Gasteiger partial charge in [-0.05, 0) is 57.7 Å². The number of aromatic nitrogens is 4. The predicted octanol–water partition coefficient (Wildman–Crippen LogP) is 6.53. The Kier molecular flexibility index (Phi) is 12.2. The standard InChI is InChI=1S/C36H36N4O4.Fe.NO/c1-9-23-19(3)27-15-28-21(5)25(11-13-35(41)43-7)33(39-28)18-34-26(12-14-36(42)44-8)22(6)30(40-34)17-32-24(10-2)20(4)29(38-32)16-31(23)37-27;;1-2/h9-10,15-18H,1-2,11-14H2,3-8H3;;/q-2;+2;+1. The molecule has 0 saturated heterocycles. The van der Waals surface area contributed by atoms with Gasteiger partial charge in [-0.15, -0.1) is 22.1 Å². The van der Waals surface area contributed by atoms with Gasteiger partial charge in [0.05, 0.1) is 37.0 Å². The number of hydrogen-bond acceptors (Lipinski definition) is 7. The number of ether oxygens (including phenoxy) is 2. The average Bonchev–Trinajstić information content (AvgIpc) is 3.72. The molecule has 8 bridgehead atoms. The molecule has 2 aliphatic heterocycles. The van der Waals surface area contributed by atoms with Crippen LogP contribution in [0.5, 0.6) is 0 Å². The minimum atomic E-state index is -0.295. The third-order valence-corrected chi connectivity index (χ3v) is 8.50. The van der Waals surface area contributed by atoms with Crippen LogP contribution in [-0.4, -0.2) is 36.1 Å². The van der Waals surface area contributed by atoms with Crippen LogP contribution >= 0.6 is 0 Å². The van der Waals surface area contributed by atoms with Gasteiger partial charge in [0, 0.05) is 24.0 Å². The van der Waals surface area contributed by atoms with Crippen molar-refractivity contribution in [1.82, 2.24) is 19.9 Å². The maximum Gasteiger partial charge on any atom is 2.00 e. The van der Waals surface area contributed by atoms with E-state index in [0.29, 0.717) is 23.9 Å². The molecule has 2 aliphatic rings. The van der Waals surface area contributed by atoms with Gasteiger partial charge in [-0.25, -0.2) is 9.97 Å². The number of allylic oxidation sites excluding steroid dienone is 6. The predicted molar refractivity (Wildman–Crippen MR) is 177 cm³/mol. The van der Waals surface area contributed by atoms with E-state index in [4.69, 9.17) is 39.6 Å². The third kappa shape index (κ3) is 7.29. The number of rotatable bonds is 8. The first-order valence-electron chi connectivity index (χ1n) is 14.7. The Balaban J connectivity index is 0.00000196. The van der Waals surface area contributed by atoms with Crippen LogP contribution in [-0.2, 0) is 53.7 Å². The van der Waals surface area contributed by atoms with E-state index in [1.54, 1.807) is 0 Å². The summed E-state index contributed by atoms with van der Waals surface area (Å²) in [6.07, 6.45) is 4.96. The van der Waals surface area contributed by atoms with Gasteiger partial charge >= 0.3 is 39.2 Å². The van der Waals surface area contributed by atoms with Crippen molar-refractivity contribution >= 4 is 56.3 Å². The van der Waals surface area contributed by atoms with Crippen LogP contribution < -0.4 is 9.97 Å². The Hall–Kier alpha value is -4.79. The number of esters is 2. The van der Waals surface area contributed by atoms with Gasteiger partial charge in [-0.3, -0.25) is 9.59 Å². The number of fused-ring (bicyclic) bond motifs is 8. The van der Waals surface area contributed by atoms with Crippen molar-refractivity contribution in [1.29, 1.82) is 5.46 Å². The molecule has 0 N–H and O–H groups in total. The molecule has 0 radical (unpaired) electrons. The maximum absolute atomic E-state index is 12.1. The summed E-state index contributed by atoms with van der Waals surface area (Å²) in [5.41, 5.74) is 19.4.